The molecular formula is C18H23N5O3S. The SMILES string of the molecule is COc1ccc([C@H](C)Nc2nc(S(C)(=O)=O)nc3c(C(C)C)cnn23)cc1. The first kappa shape index (κ1) is 19.1. The van der Waals surface area contributed by atoms with Gasteiger partial charge in [0.15, 0.2) is 5.65 Å². The number of hydrogen-bond donors (Lipinski definition) is 1. The topological polar surface area (TPSA) is 98.5 Å². The Kier molecular flexibility index (Phi) is 5.05. The molecule has 3 rings (SSSR count). The normalized spacial score (nSPS) is 13.1. The molecule has 0 amide bonds. The molecule has 0 saturated heterocycles. The molecule has 1 atom stereocenters. The molecule has 0 unspecified atom stereocenters. The zero-order valence-electron chi connectivity index (χ0n) is 16.0. The third-order valence-electron chi connectivity index (χ3n) is 4.29. The van der Waals surface area contributed by atoms with Crippen LogP contribution in [0.1, 0.15) is 43.9 Å². The number of fused-ring (bicyclic) bond motifs is 1. The number of nitrogens with zero attached hydrogens (tertiary/aromatic N) is 4. The minimum atomic E-state index is -3.57. The lowest BCUT2D eigenvalue weighted by Crippen LogP contribution is -2.16. The van der Waals surface area contributed by atoms with Gasteiger partial charge in [0.1, 0.15) is 5.75 Å². The van der Waals surface area contributed by atoms with E-state index in [1.165, 1.54) is 0 Å². The van der Waals surface area contributed by atoms with E-state index >= 15 is 0 Å². The van der Waals surface area contributed by atoms with Crippen LogP contribution in [-0.2, 0) is 9.84 Å². The molecule has 144 valence electrons. The van der Waals surface area contributed by atoms with Crippen molar-refractivity contribution in [1.29, 1.82) is 0 Å². The lowest BCUT2D eigenvalue weighted by Gasteiger charge is -2.16. The maximum Gasteiger partial charge on any atom is 0.252 e. The molecule has 0 aliphatic rings. The number of ether oxygens (including phenoxy) is 1. The predicted octanol–water partition coefficient (Wildman–Crippen LogP) is 2.83. The van der Waals surface area contributed by atoms with Crippen LogP contribution in [0.4, 0.5) is 5.95 Å². The number of hydrogen-bond acceptors (Lipinski definition) is 7. The third kappa shape index (κ3) is 3.87. The lowest BCUT2D eigenvalue weighted by molar-refractivity contribution is 0.414. The molecule has 1 aromatic carbocycles. The molecule has 0 saturated carbocycles. The van der Waals surface area contributed by atoms with Gasteiger partial charge in [0, 0.05) is 11.8 Å². The highest BCUT2D eigenvalue weighted by atomic mass is 32.2. The number of rotatable bonds is 6. The van der Waals surface area contributed by atoms with Gasteiger partial charge in [-0.25, -0.2) is 8.42 Å². The van der Waals surface area contributed by atoms with Gasteiger partial charge in [-0.15, -0.1) is 0 Å². The summed E-state index contributed by atoms with van der Waals surface area (Å²) < 4.78 is 30.9. The molecule has 0 aliphatic heterocycles. The molecule has 2 heterocycles. The van der Waals surface area contributed by atoms with E-state index in [9.17, 15) is 8.42 Å². The highest BCUT2D eigenvalue weighted by Crippen LogP contribution is 2.25. The Morgan fingerprint density at radius 2 is 1.78 bits per heavy atom. The van der Waals surface area contributed by atoms with Gasteiger partial charge in [-0.05, 0) is 30.5 Å². The average Bonchev–Trinajstić information content (AvgIpc) is 3.05. The van der Waals surface area contributed by atoms with E-state index in [0.29, 0.717) is 11.6 Å². The molecule has 8 nitrogen and oxygen atoms in total. The summed E-state index contributed by atoms with van der Waals surface area (Å²) in [6.07, 6.45) is 2.80. The van der Waals surface area contributed by atoms with Crippen LogP contribution in [0.3, 0.4) is 0 Å². The molecule has 0 fully saturated rings. The Morgan fingerprint density at radius 3 is 2.33 bits per heavy atom. The Morgan fingerprint density at radius 1 is 1.11 bits per heavy atom. The summed E-state index contributed by atoms with van der Waals surface area (Å²) in [7, 11) is -1.95. The first-order valence-electron chi connectivity index (χ1n) is 8.57. The molecule has 0 aliphatic carbocycles. The number of sulfone groups is 1. The molecule has 0 bridgehead atoms. The first-order valence-corrected chi connectivity index (χ1v) is 10.5. The van der Waals surface area contributed by atoms with Crippen molar-refractivity contribution in [1.82, 2.24) is 19.6 Å². The smallest absolute Gasteiger partial charge is 0.252 e. The van der Waals surface area contributed by atoms with Crippen LogP contribution >= 0.6 is 0 Å². The Hall–Kier alpha value is -2.68. The van der Waals surface area contributed by atoms with Crippen LogP contribution in [0.15, 0.2) is 35.6 Å². The number of benzene rings is 1. The molecular weight excluding hydrogens is 366 g/mol. The molecule has 0 radical (unpaired) electrons. The van der Waals surface area contributed by atoms with Crippen molar-refractivity contribution in [2.45, 2.75) is 37.9 Å². The zero-order chi connectivity index (χ0) is 19.8. The van der Waals surface area contributed by atoms with Gasteiger partial charge in [-0.3, -0.25) is 0 Å². The fourth-order valence-corrected chi connectivity index (χ4v) is 3.22. The van der Waals surface area contributed by atoms with E-state index in [4.69, 9.17) is 4.74 Å². The van der Waals surface area contributed by atoms with E-state index in [1.807, 2.05) is 45.0 Å². The average molecular weight is 389 g/mol. The predicted molar refractivity (Wildman–Crippen MR) is 103 cm³/mol. The standard InChI is InChI=1S/C18H23N5O3S/c1-11(2)15-10-19-23-16(15)21-18(27(5,24)25)22-17(23)20-12(3)13-6-8-14(26-4)9-7-13/h6-12H,1-5H3,(H,20,21,22)/t12-/m0/s1. The van der Waals surface area contributed by atoms with Gasteiger partial charge >= 0.3 is 0 Å². The van der Waals surface area contributed by atoms with Gasteiger partial charge in [-0.1, -0.05) is 26.0 Å². The Balaban J connectivity index is 2.06. The van der Waals surface area contributed by atoms with Crippen LogP contribution in [0.5, 0.6) is 5.75 Å². The number of methoxy groups -OCH3 is 1. The second kappa shape index (κ2) is 7.15. The van der Waals surface area contributed by atoms with Crippen molar-refractivity contribution in [2.24, 2.45) is 0 Å². The quantitative estimate of drug-likeness (QED) is 0.692. The monoisotopic (exact) mass is 389 g/mol. The number of nitrogens with one attached hydrogen (secondary N) is 1. The van der Waals surface area contributed by atoms with Crippen molar-refractivity contribution >= 4 is 21.4 Å². The fourth-order valence-electron chi connectivity index (χ4n) is 2.71. The molecule has 2 aromatic heterocycles. The van der Waals surface area contributed by atoms with Crippen molar-refractivity contribution in [3.63, 3.8) is 0 Å². The summed E-state index contributed by atoms with van der Waals surface area (Å²) in [5.74, 6) is 1.25. The maximum atomic E-state index is 12.1. The molecule has 9 heteroatoms. The second-order valence-electron chi connectivity index (χ2n) is 6.73. The van der Waals surface area contributed by atoms with Crippen molar-refractivity contribution in [3.8, 4) is 5.75 Å². The summed E-state index contributed by atoms with van der Waals surface area (Å²) >= 11 is 0. The summed E-state index contributed by atoms with van der Waals surface area (Å²) in [5.41, 5.74) is 2.35. The van der Waals surface area contributed by atoms with E-state index < -0.39 is 9.84 Å². The van der Waals surface area contributed by atoms with Gasteiger partial charge in [0.05, 0.1) is 19.3 Å². The highest BCUT2D eigenvalue weighted by Gasteiger charge is 2.21. The summed E-state index contributed by atoms with van der Waals surface area (Å²) in [4.78, 5) is 8.45. The van der Waals surface area contributed by atoms with E-state index in [2.05, 4.69) is 20.4 Å². The van der Waals surface area contributed by atoms with Crippen LogP contribution < -0.4 is 10.1 Å². The van der Waals surface area contributed by atoms with Gasteiger partial charge < -0.3 is 10.1 Å². The van der Waals surface area contributed by atoms with Crippen LogP contribution in [0.2, 0.25) is 0 Å². The largest absolute Gasteiger partial charge is 0.497 e. The first-order chi connectivity index (χ1) is 12.7. The Bertz CT molecular complexity index is 1060. The Labute approximate surface area is 158 Å². The molecule has 1 N–H and O–H groups in total. The van der Waals surface area contributed by atoms with Crippen molar-refractivity contribution < 1.29 is 13.2 Å². The number of aromatic nitrogens is 4. The number of anilines is 1. The molecule has 0 spiro atoms. The van der Waals surface area contributed by atoms with Crippen molar-refractivity contribution in [3.05, 3.63) is 41.6 Å². The molecule has 3 aromatic rings. The highest BCUT2D eigenvalue weighted by molar-refractivity contribution is 7.90. The summed E-state index contributed by atoms with van der Waals surface area (Å²) in [6, 6.07) is 7.49. The lowest BCUT2D eigenvalue weighted by atomic mass is 10.1. The van der Waals surface area contributed by atoms with Crippen LogP contribution in [0, 0.1) is 0 Å². The third-order valence-corrected chi connectivity index (χ3v) is 5.14. The molecule has 27 heavy (non-hydrogen) atoms. The van der Waals surface area contributed by atoms with Crippen molar-refractivity contribution in [2.75, 3.05) is 18.7 Å². The van der Waals surface area contributed by atoms with Gasteiger partial charge in [0.2, 0.25) is 15.8 Å². The fraction of sp³-hybridized carbons (Fsp3) is 0.389. The van der Waals surface area contributed by atoms with E-state index in [-0.39, 0.29) is 17.1 Å². The second-order valence-corrected chi connectivity index (χ2v) is 8.64. The van der Waals surface area contributed by atoms with Crippen LogP contribution in [-0.4, -0.2) is 41.4 Å². The van der Waals surface area contributed by atoms with Gasteiger partial charge in [-0.2, -0.15) is 19.6 Å². The zero-order valence-corrected chi connectivity index (χ0v) is 16.8. The minimum Gasteiger partial charge on any atom is -0.497 e. The maximum absolute atomic E-state index is 12.1. The summed E-state index contributed by atoms with van der Waals surface area (Å²) in [5, 5.41) is 7.38. The van der Waals surface area contributed by atoms with Crippen LogP contribution in [0.25, 0.3) is 5.65 Å². The van der Waals surface area contributed by atoms with E-state index in [0.717, 1.165) is 23.1 Å². The summed E-state index contributed by atoms with van der Waals surface area (Å²) in [6.45, 7) is 5.97. The van der Waals surface area contributed by atoms with Gasteiger partial charge in [0.25, 0.3) is 5.16 Å². The van der Waals surface area contributed by atoms with E-state index in [1.54, 1.807) is 17.8 Å². The minimum absolute atomic E-state index is 0.131.